The summed E-state index contributed by atoms with van der Waals surface area (Å²) in [7, 11) is 1.66. The summed E-state index contributed by atoms with van der Waals surface area (Å²) in [6.07, 6.45) is 8.66. The Bertz CT molecular complexity index is 888. The van der Waals surface area contributed by atoms with Crippen LogP contribution in [0.5, 0.6) is 5.75 Å². The van der Waals surface area contributed by atoms with Crippen molar-refractivity contribution in [2.24, 2.45) is 4.99 Å². The maximum atomic E-state index is 5.70. The molecular formula is C26H29NO2. The third-order valence-electron chi connectivity index (χ3n) is 5.00. The smallest absolute Gasteiger partial charge is 0.121 e. The Kier molecular flexibility index (Phi) is 8.10. The fourth-order valence-corrected chi connectivity index (χ4v) is 3.28. The molecule has 0 bridgehead atoms. The standard InChI is InChI=1S/C26H29NO2/c1-21-10-12-23(13-11-21)26(27-24-14-16-25(28-2)17-15-24)9-6-19-29-20-18-22-7-4-3-5-8-22/h10-18H,3-5,7-8,19-20H2,1-2H3. The third kappa shape index (κ3) is 6.93. The Balaban J connectivity index is 1.67. The summed E-state index contributed by atoms with van der Waals surface area (Å²) in [6.45, 7) is 3.11. The molecule has 2 aromatic rings. The predicted molar refractivity (Wildman–Crippen MR) is 120 cm³/mol. The van der Waals surface area contributed by atoms with Gasteiger partial charge in [0.25, 0.3) is 0 Å². The zero-order valence-electron chi connectivity index (χ0n) is 17.4. The van der Waals surface area contributed by atoms with E-state index >= 15 is 0 Å². The van der Waals surface area contributed by atoms with Crippen LogP contribution in [0.2, 0.25) is 0 Å². The highest BCUT2D eigenvalue weighted by Crippen LogP contribution is 2.22. The molecule has 29 heavy (non-hydrogen) atoms. The average Bonchev–Trinajstić information content (AvgIpc) is 2.77. The third-order valence-corrected chi connectivity index (χ3v) is 5.00. The largest absolute Gasteiger partial charge is 0.497 e. The van der Waals surface area contributed by atoms with Crippen LogP contribution in [0, 0.1) is 18.8 Å². The molecule has 0 aliphatic heterocycles. The molecule has 0 saturated heterocycles. The number of rotatable bonds is 6. The molecule has 1 saturated carbocycles. The topological polar surface area (TPSA) is 30.8 Å². The zero-order chi connectivity index (χ0) is 20.3. The van der Waals surface area contributed by atoms with Crippen molar-refractivity contribution < 1.29 is 9.47 Å². The predicted octanol–water partition coefficient (Wildman–Crippen LogP) is 6.03. The van der Waals surface area contributed by atoms with Crippen LogP contribution in [0.4, 0.5) is 5.69 Å². The first-order valence-electron chi connectivity index (χ1n) is 10.3. The van der Waals surface area contributed by atoms with Gasteiger partial charge in [0.2, 0.25) is 0 Å². The van der Waals surface area contributed by atoms with Crippen molar-refractivity contribution in [3.63, 3.8) is 0 Å². The van der Waals surface area contributed by atoms with E-state index in [0.717, 1.165) is 22.7 Å². The van der Waals surface area contributed by atoms with Crippen molar-refractivity contribution in [2.45, 2.75) is 39.0 Å². The van der Waals surface area contributed by atoms with Gasteiger partial charge < -0.3 is 9.47 Å². The molecule has 3 nitrogen and oxygen atoms in total. The number of benzene rings is 2. The monoisotopic (exact) mass is 387 g/mol. The van der Waals surface area contributed by atoms with Crippen LogP contribution in [-0.4, -0.2) is 26.0 Å². The second-order valence-electron chi connectivity index (χ2n) is 7.26. The second-order valence-corrected chi connectivity index (χ2v) is 7.26. The van der Waals surface area contributed by atoms with Crippen LogP contribution in [0.15, 0.2) is 65.2 Å². The van der Waals surface area contributed by atoms with Crippen LogP contribution < -0.4 is 4.74 Å². The van der Waals surface area contributed by atoms with Crippen LogP contribution in [0.25, 0.3) is 0 Å². The van der Waals surface area contributed by atoms with E-state index in [4.69, 9.17) is 14.5 Å². The van der Waals surface area contributed by atoms with Gasteiger partial charge in [-0.05, 0) is 62.8 Å². The first kappa shape index (κ1) is 20.9. The molecule has 0 radical (unpaired) electrons. The summed E-state index contributed by atoms with van der Waals surface area (Å²) in [5.41, 5.74) is 5.33. The molecule has 0 aromatic heterocycles. The van der Waals surface area contributed by atoms with Gasteiger partial charge >= 0.3 is 0 Å². The normalized spacial score (nSPS) is 14.1. The number of hydrogen-bond donors (Lipinski definition) is 0. The molecule has 0 atom stereocenters. The Morgan fingerprint density at radius 1 is 1.00 bits per heavy atom. The molecule has 150 valence electrons. The molecule has 1 aliphatic carbocycles. The van der Waals surface area contributed by atoms with Gasteiger partial charge in [-0.1, -0.05) is 53.8 Å². The molecule has 1 fully saturated rings. The summed E-state index contributed by atoms with van der Waals surface area (Å²) in [6, 6.07) is 15.9. The number of aliphatic imine (C=N–C) groups is 1. The van der Waals surface area contributed by atoms with Gasteiger partial charge in [-0.25, -0.2) is 4.99 Å². The Labute approximate surface area is 174 Å². The Morgan fingerprint density at radius 2 is 1.72 bits per heavy atom. The van der Waals surface area contributed by atoms with E-state index in [-0.39, 0.29) is 0 Å². The lowest BCUT2D eigenvalue weighted by Crippen LogP contribution is -2.00. The molecular weight excluding hydrogens is 358 g/mol. The number of hydrogen-bond acceptors (Lipinski definition) is 3. The van der Waals surface area contributed by atoms with E-state index in [1.807, 2.05) is 24.3 Å². The fourth-order valence-electron chi connectivity index (χ4n) is 3.28. The Hall–Kier alpha value is -2.83. The fraction of sp³-hybridized carbons (Fsp3) is 0.346. The molecule has 0 heterocycles. The first-order chi connectivity index (χ1) is 14.2. The molecule has 2 aromatic carbocycles. The quantitative estimate of drug-likeness (QED) is 0.262. The lowest BCUT2D eigenvalue weighted by Gasteiger charge is -2.12. The van der Waals surface area contributed by atoms with Crippen LogP contribution >= 0.6 is 0 Å². The number of ether oxygens (including phenoxy) is 2. The lowest BCUT2D eigenvalue weighted by atomic mass is 9.95. The van der Waals surface area contributed by atoms with Crippen molar-refractivity contribution >= 4 is 11.4 Å². The SMILES string of the molecule is COc1ccc(N=C(C#CCOCC=C2CCCCC2)c2ccc(C)cc2)cc1. The van der Waals surface area contributed by atoms with E-state index in [0.29, 0.717) is 13.2 Å². The van der Waals surface area contributed by atoms with E-state index < -0.39 is 0 Å². The number of nitrogens with zero attached hydrogens (tertiary/aromatic N) is 1. The zero-order valence-corrected chi connectivity index (χ0v) is 17.4. The van der Waals surface area contributed by atoms with Gasteiger partial charge in [0.15, 0.2) is 0 Å². The Morgan fingerprint density at radius 3 is 2.41 bits per heavy atom. The highest BCUT2D eigenvalue weighted by Gasteiger charge is 2.04. The number of aryl methyl sites for hydroxylation is 1. The summed E-state index contributed by atoms with van der Waals surface area (Å²) in [5.74, 6) is 7.13. The van der Waals surface area contributed by atoms with Crippen molar-refractivity contribution in [1.29, 1.82) is 0 Å². The maximum absolute atomic E-state index is 5.70. The van der Waals surface area contributed by atoms with E-state index in [2.05, 4.69) is 49.1 Å². The highest BCUT2D eigenvalue weighted by molar-refractivity contribution is 6.14. The van der Waals surface area contributed by atoms with E-state index in [1.165, 1.54) is 43.2 Å². The molecule has 0 unspecified atom stereocenters. The van der Waals surface area contributed by atoms with E-state index in [9.17, 15) is 0 Å². The van der Waals surface area contributed by atoms with Crippen molar-refractivity contribution in [3.8, 4) is 17.6 Å². The molecule has 0 spiro atoms. The van der Waals surface area contributed by atoms with Gasteiger partial charge in [0.05, 0.1) is 19.4 Å². The molecule has 0 N–H and O–H groups in total. The number of methoxy groups -OCH3 is 1. The molecule has 3 rings (SSSR count). The molecule has 0 amide bonds. The molecule has 3 heteroatoms. The number of allylic oxidation sites excluding steroid dienone is 1. The van der Waals surface area contributed by atoms with Gasteiger partial charge in [0.1, 0.15) is 18.1 Å². The van der Waals surface area contributed by atoms with Gasteiger partial charge in [-0.3, -0.25) is 0 Å². The van der Waals surface area contributed by atoms with Crippen molar-refractivity contribution in [1.82, 2.24) is 0 Å². The van der Waals surface area contributed by atoms with Crippen molar-refractivity contribution in [2.75, 3.05) is 20.3 Å². The van der Waals surface area contributed by atoms with Crippen LogP contribution in [0.1, 0.15) is 43.2 Å². The second kappa shape index (κ2) is 11.2. The lowest BCUT2D eigenvalue weighted by molar-refractivity contribution is 0.198. The minimum atomic E-state index is 0.400. The van der Waals surface area contributed by atoms with Crippen LogP contribution in [-0.2, 0) is 4.74 Å². The van der Waals surface area contributed by atoms with Crippen LogP contribution in [0.3, 0.4) is 0 Å². The minimum absolute atomic E-state index is 0.400. The summed E-state index contributed by atoms with van der Waals surface area (Å²) < 4.78 is 10.9. The molecule has 1 aliphatic rings. The summed E-state index contributed by atoms with van der Waals surface area (Å²) in [4.78, 5) is 4.75. The summed E-state index contributed by atoms with van der Waals surface area (Å²) in [5, 5.41) is 0. The average molecular weight is 388 g/mol. The summed E-state index contributed by atoms with van der Waals surface area (Å²) >= 11 is 0. The van der Waals surface area contributed by atoms with Gasteiger partial charge in [-0.2, -0.15) is 0 Å². The van der Waals surface area contributed by atoms with Gasteiger partial charge in [0, 0.05) is 5.56 Å². The van der Waals surface area contributed by atoms with Gasteiger partial charge in [-0.15, -0.1) is 0 Å². The van der Waals surface area contributed by atoms with E-state index in [1.54, 1.807) is 7.11 Å². The maximum Gasteiger partial charge on any atom is 0.121 e. The van der Waals surface area contributed by atoms with Crippen molar-refractivity contribution in [3.05, 3.63) is 71.3 Å². The highest BCUT2D eigenvalue weighted by atomic mass is 16.5. The first-order valence-corrected chi connectivity index (χ1v) is 10.3. The minimum Gasteiger partial charge on any atom is -0.497 e.